The molecule has 6 nitrogen and oxygen atoms in total. The largest absolute Gasteiger partial charge is 0.332 e. The van der Waals surface area contributed by atoms with Crippen LogP contribution in [-0.4, -0.2) is 59.4 Å². The maximum absolute atomic E-state index is 13.7. The zero-order chi connectivity index (χ0) is 26.2. The first-order valence-electron chi connectivity index (χ1n) is 12.5. The van der Waals surface area contributed by atoms with Crippen LogP contribution in [0.3, 0.4) is 0 Å². The number of benzene rings is 2. The Labute approximate surface area is 220 Å². The van der Waals surface area contributed by atoms with Gasteiger partial charge in [-0.25, -0.2) is 13.6 Å². The van der Waals surface area contributed by atoms with Gasteiger partial charge in [0.1, 0.15) is 18.2 Å². The number of thiophene rings is 1. The molecule has 2 heterocycles. The van der Waals surface area contributed by atoms with Crippen molar-refractivity contribution in [2.45, 2.75) is 32.9 Å². The summed E-state index contributed by atoms with van der Waals surface area (Å²) >= 11 is 1.61. The lowest BCUT2D eigenvalue weighted by molar-refractivity contribution is -0.133. The molecule has 0 bridgehead atoms. The molecule has 1 aliphatic rings. The summed E-state index contributed by atoms with van der Waals surface area (Å²) in [5, 5.41) is 2.73. The SMILES string of the molecule is Cc1ccc(CN(Cc2ccc(F)cc2)C(=O)CN(CCN2CCCC2)C(=O)Nc2cccc(F)c2)s1. The Balaban J connectivity index is 1.50. The highest BCUT2D eigenvalue weighted by Crippen LogP contribution is 2.20. The van der Waals surface area contributed by atoms with Crippen molar-refractivity contribution in [2.75, 3.05) is 38.0 Å². The van der Waals surface area contributed by atoms with Crippen molar-refractivity contribution in [3.05, 3.63) is 87.6 Å². The minimum absolute atomic E-state index is 0.124. The van der Waals surface area contributed by atoms with E-state index in [9.17, 15) is 18.4 Å². The van der Waals surface area contributed by atoms with E-state index in [1.807, 2.05) is 19.1 Å². The third-order valence-corrected chi connectivity index (χ3v) is 7.34. The van der Waals surface area contributed by atoms with Gasteiger partial charge in [-0.2, -0.15) is 0 Å². The molecule has 1 saturated heterocycles. The number of amides is 3. The van der Waals surface area contributed by atoms with E-state index in [0.29, 0.717) is 31.9 Å². The quantitative estimate of drug-likeness (QED) is 0.380. The van der Waals surface area contributed by atoms with Gasteiger partial charge in [-0.3, -0.25) is 4.79 Å². The standard InChI is InChI=1S/C28H32F2N4O2S/c1-21-7-12-26(37-21)19-34(18-22-8-10-23(29)11-9-22)27(35)20-33(16-15-32-13-2-3-14-32)28(36)31-25-6-4-5-24(30)17-25/h4-12,17H,2-3,13-16,18-20H2,1H3,(H,31,36). The molecule has 1 fully saturated rings. The molecule has 37 heavy (non-hydrogen) atoms. The number of nitrogens with one attached hydrogen (secondary N) is 1. The van der Waals surface area contributed by atoms with Crippen molar-refractivity contribution < 1.29 is 18.4 Å². The predicted octanol–water partition coefficient (Wildman–Crippen LogP) is 5.49. The Morgan fingerprint density at radius 2 is 1.70 bits per heavy atom. The zero-order valence-electron chi connectivity index (χ0n) is 21.0. The van der Waals surface area contributed by atoms with Crippen molar-refractivity contribution in [3.8, 4) is 0 Å². The van der Waals surface area contributed by atoms with E-state index in [0.717, 1.165) is 41.2 Å². The number of hydrogen-bond donors (Lipinski definition) is 1. The van der Waals surface area contributed by atoms with E-state index in [4.69, 9.17) is 0 Å². The molecule has 0 radical (unpaired) electrons. The second-order valence-corrected chi connectivity index (χ2v) is 10.7. The fraction of sp³-hybridized carbons (Fsp3) is 0.357. The van der Waals surface area contributed by atoms with Gasteiger partial charge >= 0.3 is 6.03 Å². The second kappa shape index (κ2) is 12.8. The van der Waals surface area contributed by atoms with E-state index >= 15 is 0 Å². The van der Waals surface area contributed by atoms with Crippen molar-refractivity contribution >= 4 is 29.0 Å². The van der Waals surface area contributed by atoms with Crippen molar-refractivity contribution in [3.63, 3.8) is 0 Å². The molecule has 1 aromatic heterocycles. The number of nitrogens with zero attached hydrogens (tertiary/aromatic N) is 3. The molecule has 9 heteroatoms. The number of halogens is 2. The molecule has 0 spiro atoms. The van der Waals surface area contributed by atoms with Crippen LogP contribution in [0.4, 0.5) is 19.3 Å². The van der Waals surface area contributed by atoms with Gasteiger partial charge in [-0.1, -0.05) is 18.2 Å². The van der Waals surface area contributed by atoms with Gasteiger partial charge in [0, 0.05) is 35.1 Å². The molecular weight excluding hydrogens is 494 g/mol. The van der Waals surface area contributed by atoms with E-state index < -0.39 is 11.8 Å². The van der Waals surface area contributed by atoms with Gasteiger partial charge in [0.25, 0.3) is 0 Å². The molecule has 1 aliphatic heterocycles. The number of urea groups is 1. The fourth-order valence-electron chi connectivity index (χ4n) is 4.35. The summed E-state index contributed by atoms with van der Waals surface area (Å²) in [5.74, 6) is -1.00. The van der Waals surface area contributed by atoms with Crippen molar-refractivity contribution in [1.82, 2.24) is 14.7 Å². The predicted molar refractivity (Wildman–Crippen MR) is 142 cm³/mol. The van der Waals surface area contributed by atoms with E-state index in [1.54, 1.807) is 34.4 Å². The lowest BCUT2D eigenvalue weighted by Crippen LogP contribution is -2.46. The van der Waals surface area contributed by atoms with Crippen LogP contribution in [0.25, 0.3) is 0 Å². The third-order valence-electron chi connectivity index (χ3n) is 6.36. The summed E-state index contributed by atoms with van der Waals surface area (Å²) < 4.78 is 27.1. The molecule has 0 aliphatic carbocycles. The van der Waals surface area contributed by atoms with Crippen LogP contribution in [0.1, 0.15) is 28.2 Å². The summed E-state index contributed by atoms with van der Waals surface area (Å²) in [7, 11) is 0. The molecule has 1 N–H and O–H groups in total. The first kappa shape index (κ1) is 26.8. The Hall–Kier alpha value is -3.30. The highest BCUT2D eigenvalue weighted by atomic mass is 32.1. The van der Waals surface area contributed by atoms with Crippen LogP contribution in [0.2, 0.25) is 0 Å². The summed E-state index contributed by atoms with van der Waals surface area (Å²) in [6.45, 7) is 5.55. The van der Waals surface area contributed by atoms with Gasteiger partial charge in [0.2, 0.25) is 5.91 Å². The Kier molecular flexibility index (Phi) is 9.24. The topological polar surface area (TPSA) is 55.9 Å². The van der Waals surface area contributed by atoms with Gasteiger partial charge < -0.3 is 20.0 Å². The van der Waals surface area contributed by atoms with Crippen LogP contribution in [-0.2, 0) is 17.9 Å². The van der Waals surface area contributed by atoms with Crippen LogP contribution >= 0.6 is 11.3 Å². The minimum Gasteiger partial charge on any atom is -0.332 e. The average Bonchev–Trinajstić information content (AvgIpc) is 3.54. The van der Waals surface area contributed by atoms with Gasteiger partial charge in [-0.15, -0.1) is 11.3 Å². The molecule has 196 valence electrons. The number of rotatable bonds is 10. The van der Waals surface area contributed by atoms with Gasteiger partial charge in [-0.05, 0) is 80.9 Å². The molecule has 3 aromatic rings. The monoisotopic (exact) mass is 526 g/mol. The highest BCUT2D eigenvalue weighted by molar-refractivity contribution is 7.11. The molecule has 0 atom stereocenters. The van der Waals surface area contributed by atoms with Crippen molar-refractivity contribution in [2.24, 2.45) is 0 Å². The number of likely N-dealkylation sites (tertiary alicyclic amines) is 1. The summed E-state index contributed by atoms with van der Waals surface area (Å²) in [4.78, 5) is 34.4. The number of carbonyl (C=O) groups is 2. The number of aryl methyl sites for hydroxylation is 1. The third kappa shape index (κ3) is 8.10. The first-order valence-corrected chi connectivity index (χ1v) is 13.3. The molecule has 2 aromatic carbocycles. The summed E-state index contributed by atoms with van der Waals surface area (Å²) in [5.41, 5.74) is 1.14. The maximum atomic E-state index is 13.7. The van der Waals surface area contributed by atoms with E-state index in [1.165, 1.54) is 35.2 Å². The molecular formula is C28H32F2N4O2S. The van der Waals surface area contributed by atoms with E-state index in [2.05, 4.69) is 10.2 Å². The Morgan fingerprint density at radius 3 is 2.38 bits per heavy atom. The summed E-state index contributed by atoms with van der Waals surface area (Å²) in [6.07, 6.45) is 2.25. The fourth-order valence-corrected chi connectivity index (χ4v) is 5.26. The molecule has 0 unspecified atom stereocenters. The lowest BCUT2D eigenvalue weighted by Gasteiger charge is -2.29. The van der Waals surface area contributed by atoms with Gasteiger partial charge in [0.15, 0.2) is 0 Å². The molecule has 0 saturated carbocycles. The van der Waals surface area contributed by atoms with E-state index in [-0.39, 0.29) is 18.3 Å². The summed E-state index contributed by atoms with van der Waals surface area (Å²) in [6, 6.07) is 15.3. The smallest absolute Gasteiger partial charge is 0.322 e. The maximum Gasteiger partial charge on any atom is 0.322 e. The minimum atomic E-state index is -0.452. The number of hydrogen-bond acceptors (Lipinski definition) is 4. The zero-order valence-corrected chi connectivity index (χ0v) is 21.8. The first-order chi connectivity index (χ1) is 17.9. The van der Waals surface area contributed by atoms with Crippen molar-refractivity contribution in [1.29, 1.82) is 0 Å². The number of anilines is 1. The van der Waals surface area contributed by atoms with Crippen LogP contribution in [0.5, 0.6) is 0 Å². The van der Waals surface area contributed by atoms with Crippen LogP contribution < -0.4 is 5.32 Å². The Morgan fingerprint density at radius 1 is 0.946 bits per heavy atom. The second-order valence-electron chi connectivity index (χ2n) is 9.30. The lowest BCUT2D eigenvalue weighted by atomic mass is 10.2. The highest BCUT2D eigenvalue weighted by Gasteiger charge is 2.24. The van der Waals surface area contributed by atoms with Gasteiger partial charge in [0.05, 0.1) is 6.54 Å². The van der Waals surface area contributed by atoms with Crippen LogP contribution in [0, 0.1) is 18.6 Å². The average molecular weight is 527 g/mol. The normalized spacial score (nSPS) is 13.5. The Bertz CT molecular complexity index is 1190. The molecule has 3 amide bonds. The number of carbonyl (C=O) groups excluding carboxylic acids is 2. The molecule has 4 rings (SSSR count). The van der Waals surface area contributed by atoms with Crippen LogP contribution in [0.15, 0.2) is 60.7 Å².